The molecule has 7 nitrogen and oxygen atoms in total. The van der Waals surface area contributed by atoms with Gasteiger partial charge in [0.25, 0.3) is 11.7 Å². The van der Waals surface area contributed by atoms with E-state index in [1.807, 2.05) is 60.0 Å². The number of rotatable bonds is 3. The molecule has 1 aliphatic rings. The number of hydrogen-bond acceptors (Lipinski definition) is 4. The molecule has 5 rings (SSSR count). The van der Waals surface area contributed by atoms with E-state index in [1.165, 1.54) is 0 Å². The predicted molar refractivity (Wildman–Crippen MR) is 104 cm³/mol. The Labute approximate surface area is 161 Å². The Kier molecular flexibility index (Phi) is 3.75. The van der Waals surface area contributed by atoms with Gasteiger partial charge in [0, 0.05) is 29.3 Å². The summed E-state index contributed by atoms with van der Waals surface area (Å²) < 4.78 is 1.89. The van der Waals surface area contributed by atoms with E-state index in [2.05, 4.69) is 15.2 Å². The van der Waals surface area contributed by atoms with Crippen molar-refractivity contribution in [2.24, 2.45) is 0 Å². The summed E-state index contributed by atoms with van der Waals surface area (Å²) in [6, 6.07) is 13.0. The molecule has 1 atom stereocenters. The van der Waals surface area contributed by atoms with Gasteiger partial charge in [-0.2, -0.15) is 0 Å². The molecule has 0 saturated carbocycles. The Morgan fingerprint density at radius 1 is 1.11 bits per heavy atom. The molecule has 1 N–H and O–H groups in total. The van der Waals surface area contributed by atoms with Crippen molar-refractivity contribution >= 4 is 28.2 Å². The predicted octanol–water partition coefficient (Wildman–Crippen LogP) is 3.07. The number of carbonyl (C=O) groups excluding carboxylic acids is 2. The van der Waals surface area contributed by atoms with Crippen LogP contribution in [0.3, 0.4) is 0 Å². The number of ketones is 1. The summed E-state index contributed by atoms with van der Waals surface area (Å²) in [7, 11) is 0. The molecule has 140 valence electrons. The fourth-order valence-electron chi connectivity index (χ4n) is 4.17. The summed E-state index contributed by atoms with van der Waals surface area (Å²) in [5.74, 6) is -0.261. The van der Waals surface area contributed by atoms with Crippen LogP contribution < -0.4 is 0 Å². The molecule has 28 heavy (non-hydrogen) atoms. The van der Waals surface area contributed by atoms with Gasteiger partial charge in [-0.05, 0) is 38.0 Å². The highest BCUT2D eigenvalue weighted by molar-refractivity contribution is 6.45. The van der Waals surface area contributed by atoms with E-state index >= 15 is 0 Å². The molecule has 1 fully saturated rings. The number of nitrogens with one attached hydrogen (secondary N) is 1. The quantitative estimate of drug-likeness (QED) is 0.442. The fraction of sp³-hybridized carbons (Fsp3) is 0.238. The maximum Gasteiger partial charge on any atom is 0.295 e. The first-order valence-corrected chi connectivity index (χ1v) is 9.37. The number of Topliss-reactive ketones (excluding diaryl/α,β-unsaturated/α-hetero) is 1. The maximum absolute atomic E-state index is 13.2. The summed E-state index contributed by atoms with van der Waals surface area (Å²) in [6.07, 6.45) is 3.48. The number of benzene rings is 1. The van der Waals surface area contributed by atoms with Gasteiger partial charge < -0.3 is 9.88 Å². The number of aromatic nitrogens is 4. The van der Waals surface area contributed by atoms with Crippen molar-refractivity contribution in [2.75, 3.05) is 6.54 Å². The third kappa shape index (κ3) is 2.43. The first-order valence-electron chi connectivity index (χ1n) is 9.37. The zero-order valence-corrected chi connectivity index (χ0v) is 15.4. The lowest BCUT2D eigenvalue weighted by atomic mass is 10.1. The number of pyridine rings is 1. The lowest BCUT2D eigenvalue weighted by Gasteiger charge is -2.22. The maximum atomic E-state index is 13.2. The monoisotopic (exact) mass is 373 g/mol. The highest BCUT2D eigenvalue weighted by Gasteiger charge is 2.37. The van der Waals surface area contributed by atoms with E-state index in [0.717, 1.165) is 29.4 Å². The van der Waals surface area contributed by atoms with Crippen LogP contribution in [0, 0.1) is 6.92 Å². The normalized spacial score (nSPS) is 16.9. The van der Waals surface area contributed by atoms with Crippen molar-refractivity contribution in [3.63, 3.8) is 0 Å². The number of likely N-dealkylation sites (tertiary alicyclic amines) is 1. The van der Waals surface area contributed by atoms with Gasteiger partial charge in [-0.25, -0.2) is 0 Å². The van der Waals surface area contributed by atoms with Gasteiger partial charge in [-0.3, -0.25) is 14.0 Å². The van der Waals surface area contributed by atoms with Gasteiger partial charge in [-0.15, -0.1) is 10.2 Å². The van der Waals surface area contributed by atoms with Crippen LogP contribution in [-0.2, 0) is 4.79 Å². The molecule has 3 aromatic heterocycles. The number of fused-ring (bicyclic) bond motifs is 2. The third-order valence-corrected chi connectivity index (χ3v) is 5.47. The average Bonchev–Trinajstić information content (AvgIpc) is 3.42. The number of carbonyl (C=O) groups is 2. The summed E-state index contributed by atoms with van der Waals surface area (Å²) in [5.41, 5.74) is 2.76. The molecule has 4 aromatic rings. The van der Waals surface area contributed by atoms with Crippen molar-refractivity contribution in [1.29, 1.82) is 0 Å². The van der Waals surface area contributed by atoms with Gasteiger partial charge in [0.05, 0.1) is 11.6 Å². The van der Waals surface area contributed by atoms with E-state index in [9.17, 15) is 9.59 Å². The second-order valence-corrected chi connectivity index (χ2v) is 7.14. The minimum Gasteiger partial charge on any atom is -0.358 e. The Morgan fingerprint density at radius 3 is 2.82 bits per heavy atom. The van der Waals surface area contributed by atoms with E-state index in [4.69, 9.17) is 0 Å². The molecular formula is C21H19N5O2. The van der Waals surface area contributed by atoms with Gasteiger partial charge in [0.15, 0.2) is 11.5 Å². The summed E-state index contributed by atoms with van der Waals surface area (Å²) in [4.78, 5) is 31.2. The smallest absolute Gasteiger partial charge is 0.295 e. The highest BCUT2D eigenvalue weighted by Crippen LogP contribution is 2.32. The second-order valence-electron chi connectivity index (χ2n) is 7.14. The van der Waals surface area contributed by atoms with Crippen LogP contribution in [0.4, 0.5) is 0 Å². The molecule has 0 aliphatic carbocycles. The van der Waals surface area contributed by atoms with E-state index in [0.29, 0.717) is 23.6 Å². The van der Waals surface area contributed by atoms with Crippen LogP contribution >= 0.6 is 0 Å². The third-order valence-electron chi connectivity index (χ3n) is 5.47. The van der Waals surface area contributed by atoms with Gasteiger partial charge >= 0.3 is 0 Å². The summed E-state index contributed by atoms with van der Waals surface area (Å²) >= 11 is 0. The van der Waals surface area contributed by atoms with Crippen molar-refractivity contribution in [2.45, 2.75) is 25.8 Å². The molecule has 0 spiro atoms. The van der Waals surface area contributed by atoms with Crippen LogP contribution in [0.25, 0.3) is 16.6 Å². The zero-order valence-electron chi connectivity index (χ0n) is 15.4. The standard InChI is InChI=1S/C21H19N5O2/c1-13-18(14-7-2-3-8-15(14)22-13)19(27)21(28)25-12-6-9-16(25)20-24-23-17-10-4-5-11-26(17)20/h2-5,7-8,10-11,16,22H,6,9,12H2,1H3. The minimum atomic E-state index is -0.483. The Bertz CT molecular complexity index is 1220. The Morgan fingerprint density at radius 2 is 1.93 bits per heavy atom. The largest absolute Gasteiger partial charge is 0.358 e. The molecule has 0 bridgehead atoms. The number of nitrogens with zero attached hydrogens (tertiary/aromatic N) is 4. The molecule has 1 aliphatic heterocycles. The number of H-pyrrole nitrogens is 1. The summed E-state index contributed by atoms with van der Waals surface area (Å²) in [6.45, 7) is 2.37. The minimum absolute atomic E-state index is 0.251. The molecular weight excluding hydrogens is 354 g/mol. The number of amides is 1. The van der Waals surface area contributed by atoms with Crippen molar-refractivity contribution in [3.8, 4) is 0 Å². The average molecular weight is 373 g/mol. The molecule has 1 saturated heterocycles. The molecule has 4 heterocycles. The number of hydrogen-bond donors (Lipinski definition) is 1. The van der Waals surface area contributed by atoms with E-state index in [1.54, 1.807) is 4.90 Å². The van der Waals surface area contributed by atoms with Crippen LogP contribution in [0.2, 0.25) is 0 Å². The second kappa shape index (κ2) is 6.30. The SMILES string of the molecule is Cc1[nH]c2ccccc2c1C(=O)C(=O)N1CCCC1c1nnc2ccccn12. The number of aromatic amines is 1. The molecule has 1 unspecified atom stereocenters. The summed E-state index contributed by atoms with van der Waals surface area (Å²) in [5, 5.41) is 9.27. The lowest BCUT2D eigenvalue weighted by Crippen LogP contribution is -2.37. The lowest BCUT2D eigenvalue weighted by molar-refractivity contribution is -0.127. The van der Waals surface area contributed by atoms with Crippen molar-refractivity contribution in [3.05, 3.63) is 65.7 Å². The van der Waals surface area contributed by atoms with Crippen molar-refractivity contribution < 1.29 is 9.59 Å². The molecule has 1 aromatic carbocycles. The van der Waals surface area contributed by atoms with Crippen molar-refractivity contribution in [1.82, 2.24) is 24.5 Å². The zero-order chi connectivity index (χ0) is 19.3. The van der Waals surface area contributed by atoms with Gasteiger partial charge in [0.1, 0.15) is 0 Å². The fourth-order valence-corrected chi connectivity index (χ4v) is 4.17. The van der Waals surface area contributed by atoms with Crippen LogP contribution in [0.5, 0.6) is 0 Å². The van der Waals surface area contributed by atoms with E-state index < -0.39 is 11.7 Å². The Balaban J connectivity index is 1.52. The molecule has 7 heteroatoms. The van der Waals surface area contributed by atoms with Gasteiger partial charge in [-0.1, -0.05) is 24.3 Å². The van der Waals surface area contributed by atoms with E-state index in [-0.39, 0.29) is 6.04 Å². The topological polar surface area (TPSA) is 83.4 Å². The Hall–Kier alpha value is -3.48. The molecule has 0 radical (unpaired) electrons. The van der Waals surface area contributed by atoms with Crippen LogP contribution in [0.15, 0.2) is 48.7 Å². The molecule has 1 amide bonds. The first-order chi connectivity index (χ1) is 13.6. The van der Waals surface area contributed by atoms with Crippen LogP contribution in [-0.4, -0.2) is 42.7 Å². The van der Waals surface area contributed by atoms with Crippen LogP contribution in [0.1, 0.15) is 40.8 Å². The number of para-hydroxylation sites is 1. The number of aryl methyl sites for hydroxylation is 1. The first kappa shape index (κ1) is 16.7. The van der Waals surface area contributed by atoms with Gasteiger partial charge in [0.2, 0.25) is 0 Å². The highest BCUT2D eigenvalue weighted by atomic mass is 16.2.